The highest BCUT2D eigenvalue weighted by Gasteiger charge is 2.16. The van der Waals surface area contributed by atoms with E-state index in [1.807, 2.05) is 33.0 Å². The second-order valence-corrected chi connectivity index (χ2v) is 6.79. The van der Waals surface area contributed by atoms with Crippen LogP contribution in [0.3, 0.4) is 0 Å². The minimum absolute atomic E-state index is 0.139. The average Bonchev–Trinajstić information content (AvgIpc) is 2.63. The Labute approximate surface area is 161 Å². The van der Waals surface area contributed by atoms with Gasteiger partial charge >= 0.3 is 0 Å². The molecule has 1 atom stereocenters. The van der Waals surface area contributed by atoms with Crippen LogP contribution in [0.4, 0.5) is 18.9 Å². The van der Waals surface area contributed by atoms with Crippen LogP contribution in [0.2, 0.25) is 0 Å². The maximum Gasteiger partial charge on any atom is 0.275 e. The SMILES string of the molecule is Cc1ccc(C[NH+](C)CC(=O)NCC(=O)Nc2ccc(F)c(F)c2F)c(C)c1. The lowest BCUT2D eigenvalue weighted by Crippen LogP contribution is -3.09. The van der Waals surface area contributed by atoms with Crippen LogP contribution in [0, 0.1) is 31.3 Å². The second kappa shape index (κ2) is 9.36. The van der Waals surface area contributed by atoms with E-state index >= 15 is 0 Å². The molecular weight excluding hydrogens is 371 g/mol. The summed E-state index contributed by atoms with van der Waals surface area (Å²) in [6, 6.07) is 7.73. The van der Waals surface area contributed by atoms with Gasteiger partial charge in [-0.1, -0.05) is 23.8 Å². The van der Waals surface area contributed by atoms with Gasteiger partial charge in [-0.25, -0.2) is 13.2 Å². The normalized spacial score (nSPS) is 11.8. The quantitative estimate of drug-likeness (QED) is 0.623. The van der Waals surface area contributed by atoms with Gasteiger partial charge in [-0.15, -0.1) is 0 Å². The number of hydrogen-bond acceptors (Lipinski definition) is 2. The van der Waals surface area contributed by atoms with Crippen LogP contribution in [-0.2, 0) is 16.1 Å². The topological polar surface area (TPSA) is 62.6 Å². The van der Waals surface area contributed by atoms with E-state index < -0.39 is 35.6 Å². The highest BCUT2D eigenvalue weighted by atomic mass is 19.2. The fourth-order valence-electron chi connectivity index (χ4n) is 2.76. The number of aryl methyl sites for hydroxylation is 2. The Morgan fingerprint density at radius 1 is 1.00 bits per heavy atom. The van der Waals surface area contributed by atoms with Crippen molar-refractivity contribution in [1.29, 1.82) is 0 Å². The van der Waals surface area contributed by atoms with Crippen LogP contribution in [0.1, 0.15) is 16.7 Å². The molecule has 8 heteroatoms. The van der Waals surface area contributed by atoms with E-state index in [0.717, 1.165) is 22.1 Å². The lowest BCUT2D eigenvalue weighted by Gasteiger charge is -2.15. The van der Waals surface area contributed by atoms with Gasteiger partial charge in [0.1, 0.15) is 6.54 Å². The first-order valence-electron chi connectivity index (χ1n) is 8.75. The Kier molecular flexibility index (Phi) is 7.17. The van der Waals surface area contributed by atoms with Crippen molar-refractivity contribution in [2.24, 2.45) is 0 Å². The van der Waals surface area contributed by atoms with Crippen LogP contribution in [0.25, 0.3) is 0 Å². The minimum atomic E-state index is -1.67. The molecule has 0 saturated heterocycles. The summed E-state index contributed by atoms with van der Waals surface area (Å²) in [5, 5.41) is 4.52. The van der Waals surface area contributed by atoms with E-state index in [0.29, 0.717) is 12.6 Å². The maximum atomic E-state index is 13.5. The molecule has 28 heavy (non-hydrogen) atoms. The predicted octanol–water partition coefficient (Wildman–Crippen LogP) is 1.49. The van der Waals surface area contributed by atoms with Crippen LogP contribution >= 0.6 is 0 Å². The van der Waals surface area contributed by atoms with Gasteiger partial charge in [0, 0.05) is 5.56 Å². The average molecular weight is 394 g/mol. The molecule has 3 N–H and O–H groups in total. The number of carbonyl (C=O) groups excluding carboxylic acids is 2. The smallest absolute Gasteiger partial charge is 0.275 e. The molecule has 0 aliphatic rings. The second-order valence-electron chi connectivity index (χ2n) is 6.79. The zero-order valence-corrected chi connectivity index (χ0v) is 16.0. The Balaban J connectivity index is 1.81. The Bertz CT molecular complexity index is 887. The molecule has 1 unspecified atom stereocenters. The van der Waals surface area contributed by atoms with Gasteiger partial charge in [0.05, 0.1) is 19.3 Å². The van der Waals surface area contributed by atoms with E-state index in [4.69, 9.17) is 0 Å². The molecule has 5 nitrogen and oxygen atoms in total. The third-order valence-electron chi connectivity index (χ3n) is 4.21. The molecule has 2 rings (SSSR count). The van der Waals surface area contributed by atoms with Crippen molar-refractivity contribution >= 4 is 17.5 Å². The van der Waals surface area contributed by atoms with Gasteiger partial charge < -0.3 is 15.5 Å². The number of anilines is 1. The third-order valence-corrected chi connectivity index (χ3v) is 4.21. The number of nitrogens with one attached hydrogen (secondary N) is 3. The summed E-state index contributed by atoms with van der Waals surface area (Å²) in [4.78, 5) is 24.7. The summed E-state index contributed by atoms with van der Waals surface area (Å²) in [7, 11) is 1.86. The van der Waals surface area contributed by atoms with Gasteiger partial charge in [0.25, 0.3) is 5.91 Å². The molecule has 0 saturated carbocycles. The number of amides is 2. The molecule has 150 valence electrons. The summed E-state index contributed by atoms with van der Waals surface area (Å²) < 4.78 is 39.6. The lowest BCUT2D eigenvalue weighted by molar-refractivity contribution is -0.885. The third kappa shape index (κ3) is 5.82. The zero-order chi connectivity index (χ0) is 20.8. The predicted molar refractivity (Wildman–Crippen MR) is 99.3 cm³/mol. The Morgan fingerprint density at radius 2 is 1.71 bits per heavy atom. The van der Waals surface area contributed by atoms with Crippen LogP contribution < -0.4 is 15.5 Å². The summed E-state index contributed by atoms with van der Waals surface area (Å²) >= 11 is 0. The highest BCUT2D eigenvalue weighted by Crippen LogP contribution is 2.19. The number of likely N-dealkylation sites (N-methyl/N-ethyl adjacent to an activating group) is 1. The molecule has 0 aliphatic carbocycles. The van der Waals surface area contributed by atoms with Crippen molar-refractivity contribution in [2.75, 3.05) is 25.5 Å². The maximum absolute atomic E-state index is 13.5. The van der Waals surface area contributed by atoms with E-state index in [1.165, 1.54) is 5.56 Å². The number of quaternary nitrogens is 1. The fourth-order valence-corrected chi connectivity index (χ4v) is 2.76. The van der Waals surface area contributed by atoms with Gasteiger partial charge in [-0.2, -0.15) is 0 Å². The molecule has 0 aliphatic heterocycles. The molecule has 0 radical (unpaired) electrons. The van der Waals surface area contributed by atoms with E-state index in [-0.39, 0.29) is 12.5 Å². The van der Waals surface area contributed by atoms with E-state index in [9.17, 15) is 22.8 Å². The standard InChI is InChI=1S/C20H22F3N3O2/c1-12-4-5-14(13(2)8-12)10-26(3)11-18(28)24-9-17(27)25-16-7-6-15(21)19(22)20(16)23/h4-8H,9-11H2,1-3H3,(H,24,28)(H,25,27)/p+1. The van der Waals surface area contributed by atoms with Crippen LogP contribution in [0.15, 0.2) is 30.3 Å². The number of hydrogen-bond donors (Lipinski definition) is 3. The largest absolute Gasteiger partial charge is 0.342 e. The van der Waals surface area contributed by atoms with Crippen molar-refractivity contribution < 1.29 is 27.7 Å². The summed E-state index contributed by atoms with van der Waals surface area (Å²) in [5.41, 5.74) is 2.95. The first kappa shape index (κ1) is 21.4. The Morgan fingerprint density at radius 3 is 2.39 bits per heavy atom. The molecule has 2 aromatic rings. The van der Waals surface area contributed by atoms with E-state index in [1.54, 1.807) is 0 Å². The van der Waals surface area contributed by atoms with Crippen molar-refractivity contribution in [2.45, 2.75) is 20.4 Å². The molecule has 0 heterocycles. The minimum Gasteiger partial charge on any atom is -0.342 e. The fraction of sp³-hybridized carbons (Fsp3) is 0.300. The van der Waals surface area contributed by atoms with Crippen LogP contribution in [-0.4, -0.2) is 32.0 Å². The zero-order valence-electron chi connectivity index (χ0n) is 16.0. The van der Waals surface area contributed by atoms with Crippen LogP contribution in [0.5, 0.6) is 0 Å². The van der Waals surface area contributed by atoms with Gasteiger partial charge in [0.2, 0.25) is 5.91 Å². The molecule has 0 aromatic heterocycles. The van der Waals surface area contributed by atoms with Crippen molar-refractivity contribution in [3.05, 3.63) is 64.5 Å². The summed E-state index contributed by atoms with van der Waals surface area (Å²) in [6.45, 7) is 4.40. The van der Waals surface area contributed by atoms with Crippen molar-refractivity contribution in [3.63, 3.8) is 0 Å². The number of benzene rings is 2. The molecule has 0 bridgehead atoms. The number of rotatable bonds is 7. The lowest BCUT2D eigenvalue weighted by atomic mass is 10.1. The molecule has 2 aromatic carbocycles. The monoisotopic (exact) mass is 394 g/mol. The molecule has 2 amide bonds. The van der Waals surface area contributed by atoms with Gasteiger partial charge in [-0.05, 0) is 31.5 Å². The first-order chi connectivity index (χ1) is 13.2. The van der Waals surface area contributed by atoms with Crippen molar-refractivity contribution in [3.8, 4) is 0 Å². The first-order valence-corrected chi connectivity index (χ1v) is 8.75. The van der Waals surface area contributed by atoms with Crippen molar-refractivity contribution in [1.82, 2.24) is 5.32 Å². The highest BCUT2D eigenvalue weighted by molar-refractivity contribution is 5.94. The Hall–Kier alpha value is -2.87. The van der Waals surface area contributed by atoms with E-state index in [2.05, 4.69) is 16.7 Å². The molecular formula is C20H23F3N3O2+. The molecule has 0 fully saturated rings. The molecule has 0 spiro atoms. The number of halogens is 3. The van der Waals surface area contributed by atoms with Gasteiger partial charge in [-0.3, -0.25) is 9.59 Å². The van der Waals surface area contributed by atoms with Gasteiger partial charge in [0.15, 0.2) is 24.0 Å². The summed E-state index contributed by atoms with van der Waals surface area (Å²) in [6.07, 6.45) is 0. The summed E-state index contributed by atoms with van der Waals surface area (Å²) in [5.74, 6) is -5.61. The number of carbonyl (C=O) groups is 2.